The highest BCUT2D eigenvalue weighted by Gasteiger charge is 2.34. The van der Waals surface area contributed by atoms with Gasteiger partial charge in [0.05, 0.1) is 7.11 Å². The van der Waals surface area contributed by atoms with E-state index in [0.29, 0.717) is 17.2 Å². The number of hydrogen-bond donors (Lipinski definition) is 2. The largest absolute Gasteiger partial charge is 0.507 e. The van der Waals surface area contributed by atoms with E-state index in [-0.39, 0.29) is 24.2 Å². The van der Waals surface area contributed by atoms with Crippen molar-refractivity contribution in [2.45, 2.75) is 12.4 Å². The van der Waals surface area contributed by atoms with Gasteiger partial charge in [-0.15, -0.1) is 0 Å². The van der Waals surface area contributed by atoms with Crippen molar-refractivity contribution in [2.75, 3.05) is 26.6 Å². The van der Waals surface area contributed by atoms with Crippen LogP contribution in [0.4, 0.5) is 5.69 Å². The standard InChI is InChI=1S/C25H27NO6/c1-29-21-10-6-7-11-22(21)32-17-19-8-4-5-9-20(19)26-24(28)13-12-18-14-15-25(30-2,31-3)23(27)16-18/h4-16,18,27H,17H2,1-3H3,(H,26,28)/b13-12+. The average Bonchev–Trinajstić information content (AvgIpc) is 2.83. The van der Waals surface area contributed by atoms with Crippen LogP contribution in [0.1, 0.15) is 5.56 Å². The van der Waals surface area contributed by atoms with E-state index in [0.717, 1.165) is 5.56 Å². The molecule has 32 heavy (non-hydrogen) atoms. The van der Waals surface area contributed by atoms with Gasteiger partial charge in [-0.05, 0) is 30.4 Å². The number of nitrogens with one attached hydrogen (secondary N) is 1. The molecule has 0 saturated heterocycles. The molecule has 0 fully saturated rings. The minimum Gasteiger partial charge on any atom is -0.507 e. The normalized spacial score (nSPS) is 17.1. The number of aliphatic hydroxyl groups excluding tert-OH is 1. The molecule has 0 aliphatic heterocycles. The first-order chi connectivity index (χ1) is 15.5. The quantitative estimate of drug-likeness (QED) is 0.344. The van der Waals surface area contributed by atoms with E-state index in [1.807, 2.05) is 48.5 Å². The first-order valence-corrected chi connectivity index (χ1v) is 10.0. The maximum Gasteiger partial charge on any atom is 0.248 e. The first-order valence-electron chi connectivity index (χ1n) is 10.0. The highest BCUT2D eigenvalue weighted by atomic mass is 16.7. The Labute approximate surface area is 187 Å². The van der Waals surface area contributed by atoms with Crippen molar-refractivity contribution in [1.29, 1.82) is 0 Å². The minimum atomic E-state index is -1.28. The maximum absolute atomic E-state index is 12.5. The van der Waals surface area contributed by atoms with Crippen LogP contribution in [0.15, 0.2) is 84.7 Å². The fraction of sp³-hybridized carbons (Fsp3) is 0.240. The molecule has 2 N–H and O–H groups in total. The molecule has 7 heteroatoms. The van der Waals surface area contributed by atoms with Gasteiger partial charge < -0.3 is 29.4 Å². The van der Waals surface area contributed by atoms with Crippen molar-refractivity contribution in [3.8, 4) is 11.5 Å². The molecule has 3 rings (SSSR count). The lowest BCUT2D eigenvalue weighted by Gasteiger charge is -2.30. The summed E-state index contributed by atoms with van der Waals surface area (Å²) in [7, 11) is 4.47. The molecule has 1 aliphatic carbocycles. The van der Waals surface area contributed by atoms with Crippen molar-refractivity contribution < 1.29 is 28.8 Å². The Kier molecular flexibility index (Phi) is 7.70. The van der Waals surface area contributed by atoms with Gasteiger partial charge in [0.15, 0.2) is 17.3 Å². The summed E-state index contributed by atoms with van der Waals surface area (Å²) in [4.78, 5) is 12.5. The SMILES string of the molecule is COc1ccccc1OCc1ccccc1NC(=O)/C=C/C1C=CC(OC)(OC)C(O)=C1. The van der Waals surface area contributed by atoms with Gasteiger partial charge in [0.25, 0.3) is 0 Å². The number of ether oxygens (including phenoxy) is 4. The molecule has 1 atom stereocenters. The van der Waals surface area contributed by atoms with Crippen molar-refractivity contribution >= 4 is 11.6 Å². The molecular formula is C25H27NO6. The zero-order chi connectivity index (χ0) is 23.0. The number of allylic oxidation sites excluding steroid dienone is 3. The molecule has 1 aliphatic rings. The van der Waals surface area contributed by atoms with Gasteiger partial charge in [-0.1, -0.05) is 42.5 Å². The molecule has 168 valence electrons. The Morgan fingerprint density at radius 2 is 1.75 bits per heavy atom. The number of para-hydroxylation sites is 3. The van der Waals surface area contributed by atoms with Crippen LogP contribution in [-0.2, 0) is 20.9 Å². The number of rotatable bonds is 9. The molecule has 0 bridgehead atoms. The lowest BCUT2D eigenvalue weighted by molar-refractivity contribution is -0.163. The second kappa shape index (κ2) is 10.7. The van der Waals surface area contributed by atoms with Crippen LogP contribution in [-0.4, -0.2) is 38.1 Å². The van der Waals surface area contributed by atoms with Crippen LogP contribution in [0.2, 0.25) is 0 Å². The van der Waals surface area contributed by atoms with Crippen LogP contribution >= 0.6 is 0 Å². The van der Waals surface area contributed by atoms with Crippen LogP contribution in [0, 0.1) is 5.92 Å². The molecule has 2 aromatic carbocycles. The summed E-state index contributed by atoms with van der Waals surface area (Å²) in [5, 5.41) is 13.1. The number of hydrogen-bond acceptors (Lipinski definition) is 6. The zero-order valence-corrected chi connectivity index (χ0v) is 18.3. The number of amides is 1. The number of carbonyl (C=O) groups is 1. The monoisotopic (exact) mass is 437 g/mol. The fourth-order valence-electron chi connectivity index (χ4n) is 3.26. The lowest BCUT2D eigenvalue weighted by Crippen LogP contribution is -2.35. The number of benzene rings is 2. The summed E-state index contributed by atoms with van der Waals surface area (Å²) in [6.45, 7) is 0.263. The van der Waals surface area contributed by atoms with Crippen LogP contribution in [0.3, 0.4) is 0 Å². The maximum atomic E-state index is 12.5. The second-order valence-electron chi connectivity index (χ2n) is 7.01. The molecule has 0 aromatic heterocycles. The van der Waals surface area contributed by atoms with E-state index < -0.39 is 5.79 Å². The van der Waals surface area contributed by atoms with E-state index in [1.54, 1.807) is 31.4 Å². The van der Waals surface area contributed by atoms with Gasteiger partial charge >= 0.3 is 0 Å². The smallest absolute Gasteiger partial charge is 0.248 e. The van der Waals surface area contributed by atoms with Crippen molar-refractivity contribution in [1.82, 2.24) is 0 Å². The lowest BCUT2D eigenvalue weighted by atomic mass is 9.97. The summed E-state index contributed by atoms with van der Waals surface area (Å²) in [6.07, 6.45) is 8.05. The third-order valence-corrected chi connectivity index (χ3v) is 5.05. The Morgan fingerprint density at radius 1 is 1.06 bits per heavy atom. The van der Waals surface area contributed by atoms with E-state index in [2.05, 4.69) is 5.32 Å². The highest BCUT2D eigenvalue weighted by Crippen LogP contribution is 2.29. The number of carbonyl (C=O) groups excluding carboxylic acids is 1. The van der Waals surface area contributed by atoms with E-state index in [1.165, 1.54) is 20.3 Å². The van der Waals surface area contributed by atoms with Crippen LogP contribution in [0.5, 0.6) is 11.5 Å². The molecule has 0 spiro atoms. The molecule has 2 aromatic rings. The van der Waals surface area contributed by atoms with Gasteiger partial charge in [-0.2, -0.15) is 0 Å². The van der Waals surface area contributed by atoms with Gasteiger partial charge in [0.2, 0.25) is 11.7 Å². The van der Waals surface area contributed by atoms with Gasteiger partial charge in [-0.3, -0.25) is 4.79 Å². The number of methoxy groups -OCH3 is 3. The number of aliphatic hydroxyl groups is 1. The van der Waals surface area contributed by atoms with Crippen molar-refractivity contribution in [3.05, 3.63) is 90.2 Å². The summed E-state index contributed by atoms with van der Waals surface area (Å²) in [6, 6.07) is 14.8. The molecule has 1 unspecified atom stereocenters. The Morgan fingerprint density at radius 3 is 2.44 bits per heavy atom. The predicted octanol–water partition coefficient (Wildman–Crippen LogP) is 4.39. The topological polar surface area (TPSA) is 86.3 Å². The average molecular weight is 437 g/mol. The highest BCUT2D eigenvalue weighted by molar-refractivity contribution is 5.99. The van der Waals surface area contributed by atoms with E-state index >= 15 is 0 Å². The summed E-state index contributed by atoms with van der Waals surface area (Å²) in [5.41, 5.74) is 1.47. The van der Waals surface area contributed by atoms with Crippen molar-refractivity contribution in [2.24, 2.45) is 5.92 Å². The minimum absolute atomic E-state index is 0.0705. The third kappa shape index (κ3) is 5.38. The second-order valence-corrected chi connectivity index (χ2v) is 7.01. The van der Waals surface area contributed by atoms with E-state index in [9.17, 15) is 9.90 Å². The van der Waals surface area contributed by atoms with Crippen LogP contribution < -0.4 is 14.8 Å². The summed E-state index contributed by atoms with van der Waals surface area (Å²) >= 11 is 0. The summed E-state index contributed by atoms with van der Waals surface area (Å²) in [5.74, 6) is -0.671. The Balaban J connectivity index is 1.64. The van der Waals surface area contributed by atoms with E-state index in [4.69, 9.17) is 18.9 Å². The molecule has 1 amide bonds. The molecular weight excluding hydrogens is 410 g/mol. The molecule has 0 heterocycles. The van der Waals surface area contributed by atoms with Crippen molar-refractivity contribution in [3.63, 3.8) is 0 Å². The molecule has 0 radical (unpaired) electrons. The fourth-order valence-corrected chi connectivity index (χ4v) is 3.26. The van der Waals surface area contributed by atoms with Gasteiger partial charge in [0, 0.05) is 37.5 Å². The van der Waals surface area contributed by atoms with Gasteiger partial charge in [0.1, 0.15) is 6.61 Å². The van der Waals surface area contributed by atoms with Crippen LogP contribution in [0.25, 0.3) is 0 Å². The Hall–Kier alpha value is -3.55. The zero-order valence-electron chi connectivity index (χ0n) is 18.3. The molecule has 0 saturated carbocycles. The molecule has 7 nitrogen and oxygen atoms in total. The Bertz CT molecular complexity index is 1020. The van der Waals surface area contributed by atoms with Gasteiger partial charge in [-0.25, -0.2) is 0 Å². The summed E-state index contributed by atoms with van der Waals surface area (Å²) < 4.78 is 21.6. The first kappa shape index (κ1) is 23.1. The number of anilines is 1. The predicted molar refractivity (Wildman–Crippen MR) is 122 cm³/mol. The third-order valence-electron chi connectivity index (χ3n) is 5.05.